The van der Waals surface area contributed by atoms with Crippen molar-refractivity contribution in [2.45, 2.75) is 20.3 Å². The number of carbonyl (C=O) groups is 1. The molecule has 0 atom stereocenters. The number of anilines is 1. The number of aryl methyl sites for hydroxylation is 2. The maximum absolute atomic E-state index is 12.4. The van der Waals surface area contributed by atoms with E-state index in [1.165, 1.54) is 5.56 Å². The molecule has 0 spiro atoms. The van der Waals surface area contributed by atoms with Crippen LogP contribution >= 0.6 is 0 Å². The zero-order chi connectivity index (χ0) is 15.5. The average molecular weight is 289 g/mol. The highest BCUT2D eigenvalue weighted by molar-refractivity contribution is 6.02. The number of nitrogens with one attached hydrogen (secondary N) is 1. The molecule has 0 heterocycles. The number of amides is 1. The normalized spacial score (nSPS) is 10.6. The van der Waals surface area contributed by atoms with Gasteiger partial charge in [0, 0.05) is 11.1 Å². The molecule has 0 saturated carbocycles. The van der Waals surface area contributed by atoms with Gasteiger partial charge in [0.15, 0.2) is 0 Å². The predicted molar refractivity (Wildman–Crippen MR) is 92.2 cm³/mol. The van der Waals surface area contributed by atoms with E-state index in [0.717, 1.165) is 27.6 Å². The Morgan fingerprint density at radius 2 is 1.73 bits per heavy atom. The van der Waals surface area contributed by atoms with Crippen molar-refractivity contribution in [1.82, 2.24) is 0 Å². The van der Waals surface area contributed by atoms with Crippen LogP contribution in [0.3, 0.4) is 0 Å². The molecule has 1 N–H and O–H groups in total. The van der Waals surface area contributed by atoms with Crippen molar-refractivity contribution >= 4 is 22.4 Å². The van der Waals surface area contributed by atoms with Crippen molar-refractivity contribution in [3.63, 3.8) is 0 Å². The number of hydrogen-bond donors (Lipinski definition) is 1. The molecule has 2 heteroatoms. The second-order valence-electron chi connectivity index (χ2n) is 5.68. The second kappa shape index (κ2) is 6.02. The molecule has 0 unspecified atom stereocenters. The van der Waals surface area contributed by atoms with Gasteiger partial charge in [0.05, 0.1) is 6.42 Å². The molecule has 0 aliphatic carbocycles. The third-order valence-electron chi connectivity index (χ3n) is 3.92. The molecule has 0 bridgehead atoms. The minimum absolute atomic E-state index is 0.0186. The first-order valence-electron chi connectivity index (χ1n) is 7.47. The zero-order valence-corrected chi connectivity index (χ0v) is 12.9. The Balaban J connectivity index is 1.83. The van der Waals surface area contributed by atoms with Crippen LogP contribution in [0.4, 0.5) is 5.69 Å². The minimum Gasteiger partial charge on any atom is -0.325 e. The van der Waals surface area contributed by atoms with Gasteiger partial charge in [-0.3, -0.25) is 4.79 Å². The SMILES string of the molecule is Cc1ccc(C)c(CC(=O)Nc2cccc3ccccc23)c1. The lowest BCUT2D eigenvalue weighted by Crippen LogP contribution is -2.15. The Kier molecular flexibility index (Phi) is 3.92. The van der Waals surface area contributed by atoms with Gasteiger partial charge < -0.3 is 5.32 Å². The summed E-state index contributed by atoms with van der Waals surface area (Å²) < 4.78 is 0. The average Bonchev–Trinajstić information content (AvgIpc) is 2.51. The van der Waals surface area contributed by atoms with E-state index in [0.29, 0.717) is 6.42 Å². The van der Waals surface area contributed by atoms with Gasteiger partial charge in [-0.1, -0.05) is 60.2 Å². The Hall–Kier alpha value is -2.61. The molecule has 0 aromatic heterocycles. The number of hydrogen-bond acceptors (Lipinski definition) is 1. The molecule has 2 nitrogen and oxygen atoms in total. The Bertz CT molecular complexity index is 831. The van der Waals surface area contributed by atoms with E-state index in [1.54, 1.807) is 0 Å². The van der Waals surface area contributed by atoms with Crippen molar-refractivity contribution in [1.29, 1.82) is 0 Å². The summed E-state index contributed by atoms with van der Waals surface area (Å²) >= 11 is 0. The van der Waals surface area contributed by atoms with Crippen molar-refractivity contribution in [3.8, 4) is 0 Å². The standard InChI is InChI=1S/C20H19NO/c1-14-10-11-15(2)17(12-14)13-20(22)21-19-9-5-7-16-6-3-4-8-18(16)19/h3-12H,13H2,1-2H3,(H,21,22). The first-order valence-corrected chi connectivity index (χ1v) is 7.47. The van der Waals surface area contributed by atoms with E-state index in [9.17, 15) is 4.79 Å². The third-order valence-corrected chi connectivity index (χ3v) is 3.92. The summed E-state index contributed by atoms with van der Waals surface area (Å²) in [6.07, 6.45) is 0.400. The summed E-state index contributed by atoms with van der Waals surface area (Å²) in [5.74, 6) is 0.0186. The first-order chi connectivity index (χ1) is 10.6. The van der Waals surface area contributed by atoms with Gasteiger partial charge >= 0.3 is 0 Å². The van der Waals surface area contributed by atoms with Gasteiger partial charge in [0.25, 0.3) is 0 Å². The van der Waals surface area contributed by atoms with Crippen molar-refractivity contribution < 1.29 is 4.79 Å². The van der Waals surface area contributed by atoms with Crippen LogP contribution in [-0.4, -0.2) is 5.91 Å². The number of rotatable bonds is 3. The van der Waals surface area contributed by atoms with E-state index in [1.807, 2.05) is 44.2 Å². The monoisotopic (exact) mass is 289 g/mol. The van der Waals surface area contributed by atoms with Gasteiger partial charge in [-0.2, -0.15) is 0 Å². The highest BCUT2D eigenvalue weighted by Gasteiger charge is 2.08. The van der Waals surface area contributed by atoms with Crippen LogP contribution in [0.1, 0.15) is 16.7 Å². The number of carbonyl (C=O) groups excluding carboxylic acids is 1. The van der Waals surface area contributed by atoms with E-state index in [-0.39, 0.29) is 5.91 Å². The maximum atomic E-state index is 12.4. The molecule has 3 aromatic rings. The third kappa shape index (κ3) is 3.01. The molecule has 0 aliphatic rings. The molecule has 0 aliphatic heterocycles. The second-order valence-corrected chi connectivity index (χ2v) is 5.68. The van der Waals surface area contributed by atoms with E-state index in [4.69, 9.17) is 0 Å². The van der Waals surface area contributed by atoms with Crippen LogP contribution in [0.2, 0.25) is 0 Å². The largest absolute Gasteiger partial charge is 0.325 e. The van der Waals surface area contributed by atoms with Gasteiger partial charge in [0.1, 0.15) is 0 Å². The quantitative estimate of drug-likeness (QED) is 0.748. The van der Waals surface area contributed by atoms with Crippen LogP contribution in [0, 0.1) is 13.8 Å². The number of fused-ring (bicyclic) bond motifs is 1. The van der Waals surface area contributed by atoms with Crippen molar-refractivity contribution in [3.05, 3.63) is 77.4 Å². The fraction of sp³-hybridized carbons (Fsp3) is 0.150. The summed E-state index contributed by atoms with van der Waals surface area (Å²) in [5.41, 5.74) is 4.28. The predicted octanol–water partition coefficient (Wildman–Crippen LogP) is 4.64. The van der Waals surface area contributed by atoms with Crippen LogP contribution in [0.25, 0.3) is 10.8 Å². The highest BCUT2D eigenvalue weighted by Crippen LogP contribution is 2.23. The highest BCUT2D eigenvalue weighted by atomic mass is 16.1. The topological polar surface area (TPSA) is 29.1 Å². The van der Waals surface area contributed by atoms with Gasteiger partial charge in [-0.25, -0.2) is 0 Å². The lowest BCUT2D eigenvalue weighted by molar-refractivity contribution is -0.115. The molecule has 0 radical (unpaired) electrons. The first kappa shape index (κ1) is 14.3. The molecule has 0 saturated heterocycles. The lowest BCUT2D eigenvalue weighted by atomic mass is 10.0. The summed E-state index contributed by atoms with van der Waals surface area (Å²) in [7, 11) is 0. The molecule has 110 valence electrons. The molecule has 0 fully saturated rings. The fourth-order valence-electron chi connectivity index (χ4n) is 2.69. The molecular formula is C20H19NO. The van der Waals surface area contributed by atoms with Crippen LogP contribution < -0.4 is 5.32 Å². The summed E-state index contributed by atoms with van der Waals surface area (Å²) in [5, 5.41) is 5.24. The molecule has 3 aromatic carbocycles. The summed E-state index contributed by atoms with van der Waals surface area (Å²) in [6, 6.07) is 20.3. The van der Waals surface area contributed by atoms with Crippen molar-refractivity contribution in [2.24, 2.45) is 0 Å². The van der Waals surface area contributed by atoms with Gasteiger partial charge in [0.2, 0.25) is 5.91 Å². The fourth-order valence-corrected chi connectivity index (χ4v) is 2.69. The van der Waals surface area contributed by atoms with Gasteiger partial charge in [-0.05, 0) is 36.4 Å². The molecule has 3 rings (SSSR count). The summed E-state index contributed by atoms with van der Waals surface area (Å²) in [4.78, 5) is 12.4. The van der Waals surface area contributed by atoms with Crippen LogP contribution in [0.15, 0.2) is 60.7 Å². The maximum Gasteiger partial charge on any atom is 0.228 e. The number of benzene rings is 3. The van der Waals surface area contributed by atoms with Crippen molar-refractivity contribution in [2.75, 3.05) is 5.32 Å². The smallest absolute Gasteiger partial charge is 0.228 e. The van der Waals surface area contributed by atoms with Gasteiger partial charge in [-0.15, -0.1) is 0 Å². The molecular weight excluding hydrogens is 270 g/mol. The summed E-state index contributed by atoms with van der Waals surface area (Å²) in [6.45, 7) is 4.09. The zero-order valence-electron chi connectivity index (χ0n) is 12.9. The lowest BCUT2D eigenvalue weighted by Gasteiger charge is -2.10. The van der Waals surface area contributed by atoms with E-state index < -0.39 is 0 Å². The van der Waals surface area contributed by atoms with E-state index >= 15 is 0 Å². The van der Waals surface area contributed by atoms with Crippen LogP contribution in [-0.2, 0) is 11.2 Å². The van der Waals surface area contributed by atoms with E-state index in [2.05, 4.69) is 35.6 Å². The molecule has 1 amide bonds. The molecule has 22 heavy (non-hydrogen) atoms. The Labute approximate surface area is 130 Å². The van der Waals surface area contributed by atoms with Crippen LogP contribution in [0.5, 0.6) is 0 Å². The Morgan fingerprint density at radius 1 is 0.955 bits per heavy atom. The Morgan fingerprint density at radius 3 is 2.59 bits per heavy atom. The minimum atomic E-state index is 0.0186.